The normalized spacial score (nSPS) is 10.7. The molecule has 0 saturated carbocycles. The van der Waals surface area contributed by atoms with Crippen LogP contribution in [0.1, 0.15) is 10.4 Å². The molecule has 2 aromatic heterocycles. The fraction of sp³-hybridized carbons (Fsp3) is 0.0667. The van der Waals surface area contributed by atoms with E-state index in [9.17, 15) is 9.59 Å². The van der Waals surface area contributed by atoms with Gasteiger partial charge in [0.25, 0.3) is 0 Å². The standard InChI is InChI=1S/C15H10O5/c1-18-15(17)12-6-9-2-3-14(16)20-13(9)7-11(12)10-4-5-19-8-10/h2-8H,1H3. The number of ether oxygens (including phenoxy) is 1. The first kappa shape index (κ1) is 12.2. The molecule has 3 aromatic rings. The van der Waals surface area contributed by atoms with Crippen molar-refractivity contribution in [1.82, 2.24) is 0 Å². The maximum atomic E-state index is 11.9. The summed E-state index contributed by atoms with van der Waals surface area (Å²) in [4.78, 5) is 23.2. The Hall–Kier alpha value is -2.82. The fourth-order valence-electron chi connectivity index (χ4n) is 2.05. The molecule has 1 aromatic carbocycles. The first-order valence-corrected chi connectivity index (χ1v) is 5.88. The lowest BCUT2D eigenvalue weighted by Gasteiger charge is -2.07. The van der Waals surface area contributed by atoms with Crippen molar-refractivity contribution in [2.75, 3.05) is 7.11 Å². The number of benzene rings is 1. The molecule has 0 N–H and O–H groups in total. The molecule has 0 unspecified atom stereocenters. The molecule has 3 rings (SSSR count). The summed E-state index contributed by atoms with van der Waals surface area (Å²) < 4.78 is 14.9. The van der Waals surface area contributed by atoms with E-state index < -0.39 is 11.6 Å². The van der Waals surface area contributed by atoms with Crippen LogP contribution >= 0.6 is 0 Å². The molecule has 0 aliphatic heterocycles. The monoisotopic (exact) mass is 270 g/mol. The van der Waals surface area contributed by atoms with Crippen LogP contribution < -0.4 is 5.63 Å². The van der Waals surface area contributed by atoms with Gasteiger partial charge in [-0.15, -0.1) is 0 Å². The summed E-state index contributed by atoms with van der Waals surface area (Å²) >= 11 is 0. The second kappa shape index (κ2) is 4.70. The summed E-state index contributed by atoms with van der Waals surface area (Å²) in [5, 5.41) is 0.650. The molecule has 0 atom stereocenters. The summed E-state index contributed by atoms with van der Waals surface area (Å²) in [5.74, 6) is -0.464. The predicted molar refractivity (Wildman–Crippen MR) is 71.5 cm³/mol. The highest BCUT2D eigenvalue weighted by Gasteiger charge is 2.16. The summed E-state index contributed by atoms with van der Waals surface area (Å²) in [7, 11) is 1.32. The van der Waals surface area contributed by atoms with E-state index in [0.717, 1.165) is 0 Å². The number of carbonyl (C=O) groups is 1. The number of furan rings is 1. The molecule has 0 aliphatic carbocycles. The van der Waals surface area contributed by atoms with E-state index in [1.54, 1.807) is 24.3 Å². The highest BCUT2D eigenvalue weighted by Crippen LogP contribution is 2.29. The van der Waals surface area contributed by atoms with Crippen molar-refractivity contribution in [1.29, 1.82) is 0 Å². The number of carbonyl (C=O) groups excluding carboxylic acids is 1. The van der Waals surface area contributed by atoms with Crippen LogP contribution in [-0.4, -0.2) is 13.1 Å². The Kier molecular flexibility index (Phi) is 2.87. The Balaban J connectivity index is 2.34. The summed E-state index contributed by atoms with van der Waals surface area (Å²) in [6, 6.07) is 7.89. The highest BCUT2D eigenvalue weighted by molar-refractivity contribution is 6.01. The summed E-state index contributed by atoms with van der Waals surface area (Å²) in [6.07, 6.45) is 3.01. The van der Waals surface area contributed by atoms with Gasteiger partial charge in [-0.2, -0.15) is 0 Å². The molecule has 0 spiro atoms. The van der Waals surface area contributed by atoms with E-state index >= 15 is 0 Å². The number of fused-ring (bicyclic) bond motifs is 1. The molecule has 20 heavy (non-hydrogen) atoms. The van der Waals surface area contributed by atoms with Gasteiger partial charge in [0.15, 0.2) is 0 Å². The molecule has 2 heterocycles. The van der Waals surface area contributed by atoms with Gasteiger partial charge in [-0.25, -0.2) is 9.59 Å². The van der Waals surface area contributed by atoms with Gasteiger partial charge in [0.1, 0.15) is 5.58 Å². The smallest absolute Gasteiger partial charge is 0.338 e. The molecular weight excluding hydrogens is 260 g/mol. The second-order valence-electron chi connectivity index (χ2n) is 4.19. The van der Waals surface area contributed by atoms with Crippen molar-refractivity contribution in [3.05, 3.63) is 58.8 Å². The van der Waals surface area contributed by atoms with E-state index in [4.69, 9.17) is 13.6 Å². The minimum absolute atomic E-state index is 0.384. The van der Waals surface area contributed by atoms with Crippen LogP contribution in [0.2, 0.25) is 0 Å². The zero-order chi connectivity index (χ0) is 14.1. The van der Waals surface area contributed by atoms with Crippen LogP contribution in [-0.2, 0) is 4.74 Å². The lowest BCUT2D eigenvalue weighted by molar-refractivity contribution is 0.0602. The number of rotatable bonds is 2. The molecular formula is C15H10O5. The summed E-state index contributed by atoms with van der Waals surface area (Å²) in [5.41, 5.74) is 1.64. The average Bonchev–Trinajstić information content (AvgIpc) is 2.99. The van der Waals surface area contributed by atoms with Crippen molar-refractivity contribution in [3.8, 4) is 11.1 Å². The minimum Gasteiger partial charge on any atom is -0.472 e. The lowest BCUT2D eigenvalue weighted by atomic mass is 10.00. The van der Waals surface area contributed by atoms with Gasteiger partial charge in [0.2, 0.25) is 0 Å². The van der Waals surface area contributed by atoms with Gasteiger partial charge < -0.3 is 13.6 Å². The number of esters is 1. The third-order valence-electron chi connectivity index (χ3n) is 3.00. The van der Waals surface area contributed by atoms with Crippen LogP contribution in [0.5, 0.6) is 0 Å². The quantitative estimate of drug-likeness (QED) is 0.529. The van der Waals surface area contributed by atoms with Gasteiger partial charge in [-0.05, 0) is 24.3 Å². The van der Waals surface area contributed by atoms with Crippen molar-refractivity contribution in [2.45, 2.75) is 0 Å². The summed E-state index contributed by atoms with van der Waals surface area (Å²) in [6.45, 7) is 0. The minimum atomic E-state index is -0.464. The maximum Gasteiger partial charge on any atom is 0.338 e. The van der Waals surface area contributed by atoms with Gasteiger partial charge in [-0.1, -0.05) is 0 Å². The second-order valence-corrected chi connectivity index (χ2v) is 4.19. The Morgan fingerprint density at radius 3 is 2.75 bits per heavy atom. The van der Waals surface area contributed by atoms with Gasteiger partial charge in [-0.3, -0.25) is 0 Å². The molecule has 100 valence electrons. The van der Waals surface area contributed by atoms with Crippen molar-refractivity contribution >= 4 is 16.9 Å². The number of methoxy groups -OCH3 is 1. The molecule has 0 saturated heterocycles. The first-order chi connectivity index (χ1) is 9.69. The predicted octanol–water partition coefficient (Wildman–Crippen LogP) is 2.84. The molecule has 0 bridgehead atoms. The molecule has 0 fully saturated rings. The molecule has 5 heteroatoms. The zero-order valence-corrected chi connectivity index (χ0v) is 10.6. The number of hydrogen-bond acceptors (Lipinski definition) is 5. The van der Waals surface area contributed by atoms with E-state index in [2.05, 4.69) is 0 Å². The van der Waals surface area contributed by atoms with E-state index in [1.165, 1.54) is 25.7 Å². The Bertz CT molecular complexity index is 827. The SMILES string of the molecule is COC(=O)c1cc2ccc(=O)oc2cc1-c1ccoc1. The average molecular weight is 270 g/mol. The van der Waals surface area contributed by atoms with Crippen LogP contribution in [0.15, 0.2) is 56.5 Å². The fourth-order valence-corrected chi connectivity index (χ4v) is 2.05. The van der Waals surface area contributed by atoms with E-state index in [-0.39, 0.29) is 0 Å². The molecule has 5 nitrogen and oxygen atoms in total. The highest BCUT2D eigenvalue weighted by atomic mass is 16.5. The van der Waals surface area contributed by atoms with Crippen molar-refractivity contribution in [2.24, 2.45) is 0 Å². The Morgan fingerprint density at radius 2 is 2.05 bits per heavy atom. The first-order valence-electron chi connectivity index (χ1n) is 5.88. The largest absolute Gasteiger partial charge is 0.472 e. The van der Waals surface area contributed by atoms with Crippen molar-refractivity contribution < 1.29 is 18.4 Å². The molecule has 0 radical (unpaired) electrons. The maximum absolute atomic E-state index is 11.9. The van der Waals surface area contributed by atoms with Crippen LogP contribution in [0.25, 0.3) is 22.1 Å². The van der Waals surface area contributed by atoms with E-state index in [0.29, 0.717) is 27.7 Å². The van der Waals surface area contributed by atoms with Crippen LogP contribution in [0.3, 0.4) is 0 Å². The van der Waals surface area contributed by atoms with Gasteiger partial charge in [0.05, 0.1) is 25.2 Å². The Labute approximate surface area is 113 Å². The third kappa shape index (κ3) is 1.99. The lowest BCUT2D eigenvalue weighted by Crippen LogP contribution is -2.04. The zero-order valence-electron chi connectivity index (χ0n) is 10.6. The number of hydrogen-bond donors (Lipinski definition) is 0. The van der Waals surface area contributed by atoms with Crippen LogP contribution in [0.4, 0.5) is 0 Å². The molecule has 0 amide bonds. The molecule has 0 aliphatic rings. The van der Waals surface area contributed by atoms with Crippen molar-refractivity contribution in [3.63, 3.8) is 0 Å². The van der Waals surface area contributed by atoms with Gasteiger partial charge in [0, 0.05) is 22.6 Å². The third-order valence-corrected chi connectivity index (χ3v) is 3.00. The van der Waals surface area contributed by atoms with Gasteiger partial charge >= 0.3 is 11.6 Å². The van der Waals surface area contributed by atoms with Crippen LogP contribution in [0, 0.1) is 0 Å². The topological polar surface area (TPSA) is 69.7 Å². The van der Waals surface area contributed by atoms with E-state index in [1.807, 2.05) is 0 Å². The Morgan fingerprint density at radius 1 is 1.20 bits per heavy atom.